The van der Waals surface area contributed by atoms with Gasteiger partial charge in [-0.3, -0.25) is 0 Å². The van der Waals surface area contributed by atoms with E-state index in [4.69, 9.17) is 16.3 Å². The lowest BCUT2D eigenvalue weighted by molar-refractivity contribution is 0.120. The van der Waals surface area contributed by atoms with E-state index in [1.807, 2.05) is 0 Å². The molecule has 0 spiro atoms. The third-order valence-corrected chi connectivity index (χ3v) is 3.53. The monoisotopic (exact) mass is 307 g/mol. The summed E-state index contributed by atoms with van der Waals surface area (Å²) in [6.07, 6.45) is 2.36. The van der Waals surface area contributed by atoms with Crippen molar-refractivity contribution >= 4 is 17.4 Å². The summed E-state index contributed by atoms with van der Waals surface area (Å²) in [4.78, 5) is 8.58. The summed E-state index contributed by atoms with van der Waals surface area (Å²) in [6, 6.07) is 7.68. The number of ether oxygens (including phenoxy) is 1. The third-order valence-electron chi connectivity index (χ3n) is 3.33. The number of anilines is 1. The number of hydrogen-bond donors (Lipinski definition) is 1. The molecule has 0 saturated carbocycles. The second-order valence-corrected chi connectivity index (χ2v) is 5.31. The molecule has 1 aromatic carbocycles. The summed E-state index contributed by atoms with van der Waals surface area (Å²) in [5.74, 6) is 0.819. The predicted octanol–water partition coefficient (Wildman–Crippen LogP) is 3.53. The number of aromatic nitrogens is 2. The smallest absolute Gasteiger partial charge is 0.163 e. The first-order chi connectivity index (χ1) is 10.2. The Morgan fingerprint density at radius 2 is 2.10 bits per heavy atom. The summed E-state index contributed by atoms with van der Waals surface area (Å²) in [5.41, 5.74) is 0.721. The molecule has 0 unspecified atom stereocenters. The Morgan fingerprint density at radius 3 is 2.81 bits per heavy atom. The highest BCUT2D eigenvalue weighted by Gasteiger charge is 2.15. The van der Waals surface area contributed by atoms with Gasteiger partial charge in [0.2, 0.25) is 0 Å². The van der Waals surface area contributed by atoms with Crippen LogP contribution in [0, 0.1) is 5.82 Å². The molecule has 1 atom stereocenters. The first kappa shape index (κ1) is 14.2. The van der Waals surface area contributed by atoms with Gasteiger partial charge in [0, 0.05) is 24.8 Å². The number of rotatable bonds is 4. The summed E-state index contributed by atoms with van der Waals surface area (Å²) >= 11 is 6.03. The van der Waals surface area contributed by atoms with Gasteiger partial charge >= 0.3 is 0 Å². The predicted molar refractivity (Wildman–Crippen MR) is 79.9 cm³/mol. The molecule has 1 aliphatic heterocycles. The van der Waals surface area contributed by atoms with Crippen LogP contribution in [-0.4, -0.2) is 29.2 Å². The van der Waals surface area contributed by atoms with E-state index in [0.29, 0.717) is 23.3 Å². The fourth-order valence-corrected chi connectivity index (χ4v) is 2.44. The maximum absolute atomic E-state index is 13.0. The van der Waals surface area contributed by atoms with Crippen LogP contribution in [-0.2, 0) is 4.74 Å². The maximum Gasteiger partial charge on any atom is 0.163 e. The Labute approximate surface area is 127 Å². The van der Waals surface area contributed by atoms with Crippen LogP contribution in [0.5, 0.6) is 0 Å². The Kier molecular flexibility index (Phi) is 4.31. The zero-order valence-corrected chi connectivity index (χ0v) is 12.1. The van der Waals surface area contributed by atoms with Crippen LogP contribution in [0.15, 0.2) is 30.3 Å². The van der Waals surface area contributed by atoms with Crippen molar-refractivity contribution in [3.05, 3.63) is 41.3 Å². The molecule has 1 saturated heterocycles. The average Bonchev–Trinajstić information content (AvgIpc) is 2.99. The van der Waals surface area contributed by atoms with E-state index in [1.165, 1.54) is 12.1 Å². The van der Waals surface area contributed by atoms with Crippen LogP contribution in [0.1, 0.15) is 12.8 Å². The van der Waals surface area contributed by atoms with Crippen LogP contribution in [0.4, 0.5) is 10.2 Å². The van der Waals surface area contributed by atoms with Crippen molar-refractivity contribution in [3.63, 3.8) is 0 Å². The molecular weight excluding hydrogens is 293 g/mol. The molecule has 1 aliphatic rings. The van der Waals surface area contributed by atoms with Crippen molar-refractivity contribution in [2.24, 2.45) is 0 Å². The normalized spacial score (nSPS) is 17.9. The van der Waals surface area contributed by atoms with Gasteiger partial charge in [0.1, 0.15) is 16.8 Å². The molecule has 0 bridgehead atoms. The molecule has 0 aliphatic carbocycles. The van der Waals surface area contributed by atoms with Crippen LogP contribution < -0.4 is 5.32 Å². The van der Waals surface area contributed by atoms with Crippen molar-refractivity contribution in [2.45, 2.75) is 18.9 Å². The van der Waals surface area contributed by atoms with Crippen molar-refractivity contribution in [1.82, 2.24) is 9.97 Å². The summed E-state index contributed by atoms with van der Waals surface area (Å²) < 4.78 is 18.5. The van der Waals surface area contributed by atoms with Crippen molar-refractivity contribution < 1.29 is 9.13 Å². The van der Waals surface area contributed by atoms with Gasteiger partial charge in [0.15, 0.2) is 5.82 Å². The molecule has 2 aromatic rings. The van der Waals surface area contributed by atoms with Crippen molar-refractivity contribution in [3.8, 4) is 11.4 Å². The van der Waals surface area contributed by atoms with Gasteiger partial charge in [0.25, 0.3) is 0 Å². The second kappa shape index (κ2) is 6.37. The highest BCUT2D eigenvalue weighted by Crippen LogP contribution is 2.21. The highest BCUT2D eigenvalue weighted by atomic mass is 35.5. The van der Waals surface area contributed by atoms with Gasteiger partial charge < -0.3 is 10.1 Å². The second-order valence-electron chi connectivity index (χ2n) is 4.92. The number of hydrogen-bond acceptors (Lipinski definition) is 4. The van der Waals surface area contributed by atoms with E-state index < -0.39 is 0 Å². The summed E-state index contributed by atoms with van der Waals surface area (Å²) in [7, 11) is 0. The molecule has 1 aromatic heterocycles. The first-order valence-corrected chi connectivity index (χ1v) is 7.24. The third kappa shape index (κ3) is 3.68. The molecule has 110 valence electrons. The van der Waals surface area contributed by atoms with Gasteiger partial charge in [-0.15, -0.1) is 0 Å². The van der Waals surface area contributed by atoms with E-state index >= 15 is 0 Å². The van der Waals surface area contributed by atoms with E-state index in [-0.39, 0.29) is 11.9 Å². The summed E-state index contributed by atoms with van der Waals surface area (Å²) in [6.45, 7) is 1.51. The number of nitrogens with zero attached hydrogens (tertiary/aromatic N) is 2. The molecule has 4 nitrogen and oxygen atoms in total. The molecule has 2 heterocycles. The minimum atomic E-state index is -0.294. The molecule has 0 radical (unpaired) electrons. The largest absolute Gasteiger partial charge is 0.376 e. The maximum atomic E-state index is 13.0. The van der Waals surface area contributed by atoms with Crippen LogP contribution in [0.3, 0.4) is 0 Å². The first-order valence-electron chi connectivity index (χ1n) is 6.87. The number of benzene rings is 1. The van der Waals surface area contributed by atoms with E-state index in [2.05, 4.69) is 15.3 Å². The lowest BCUT2D eigenvalue weighted by Gasteiger charge is -2.12. The van der Waals surface area contributed by atoms with E-state index in [0.717, 1.165) is 25.0 Å². The lowest BCUT2D eigenvalue weighted by Crippen LogP contribution is -2.19. The van der Waals surface area contributed by atoms with Crippen LogP contribution >= 0.6 is 11.6 Å². The summed E-state index contributed by atoms with van der Waals surface area (Å²) in [5, 5.41) is 3.56. The highest BCUT2D eigenvalue weighted by molar-refractivity contribution is 6.29. The van der Waals surface area contributed by atoms with Crippen LogP contribution in [0.2, 0.25) is 5.15 Å². The average molecular weight is 308 g/mol. The Hall–Kier alpha value is -1.72. The molecule has 6 heteroatoms. The minimum Gasteiger partial charge on any atom is -0.376 e. The topological polar surface area (TPSA) is 47.0 Å². The molecule has 1 fully saturated rings. The zero-order chi connectivity index (χ0) is 14.7. The van der Waals surface area contributed by atoms with Gasteiger partial charge in [0.05, 0.1) is 6.10 Å². The Bertz CT molecular complexity index is 615. The van der Waals surface area contributed by atoms with Crippen LogP contribution in [0.25, 0.3) is 11.4 Å². The zero-order valence-electron chi connectivity index (χ0n) is 11.4. The molecule has 21 heavy (non-hydrogen) atoms. The van der Waals surface area contributed by atoms with Gasteiger partial charge in [-0.25, -0.2) is 14.4 Å². The molecule has 1 N–H and O–H groups in total. The lowest BCUT2D eigenvalue weighted by atomic mass is 10.2. The van der Waals surface area contributed by atoms with Gasteiger partial charge in [-0.2, -0.15) is 0 Å². The molecule has 3 rings (SSSR count). The quantitative estimate of drug-likeness (QED) is 0.878. The van der Waals surface area contributed by atoms with Crippen molar-refractivity contribution in [1.29, 1.82) is 0 Å². The minimum absolute atomic E-state index is 0.216. The van der Waals surface area contributed by atoms with Gasteiger partial charge in [-0.05, 0) is 37.1 Å². The fourth-order valence-electron chi connectivity index (χ4n) is 2.26. The van der Waals surface area contributed by atoms with Crippen molar-refractivity contribution in [2.75, 3.05) is 18.5 Å². The Balaban J connectivity index is 1.77. The van der Waals surface area contributed by atoms with E-state index in [1.54, 1.807) is 18.2 Å². The number of nitrogens with one attached hydrogen (secondary N) is 1. The Morgan fingerprint density at radius 1 is 1.29 bits per heavy atom. The standard InChI is InChI=1S/C15H15ClFN3O/c16-13-8-14(18-9-12-2-1-7-21-12)20-15(19-13)10-3-5-11(17)6-4-10/h3-6,8,12H,1-2,7,9H2,(H,18,19,20)/t12-/m0/s1. The van der Waals surface area contributed by atoms with Gasteiger partial charge in [-0.1, -0.05) is 11.6 Å². The number of halogens is 2. The van der Waals surface area contributed by atoms with E-state index in [9.17, 15) is 4.39 Å². The SMILES string of the molecule is Fc1ccc(-c2nc(Cl)cc(NC[C@@H]3CCCO3)n2)cc1. The molecule has 0 amide bonds. The fraction of sp³-hybridized carbons (Fsp3) is 0.333. The molecular formula is C15H15ClFN3O.